The Morgan fingerprint density at radius 3 is 2.63 bits per heavy atom. The van der Waals surface area contributed by atoms with Crippen LogP contribution in [0.15, 0.2) is 49.1 Å². The number of carbonyl (C=O) groups is 1. The maximum atomic E-state index is 14.3. The molecule has 2 N–H and O–H groups in total. The molecule has 2 aliphatic rings. The van der Waals surface area contributed by atoms with Gasteiger partial charge in [-0.05, 0) is 63.6 Å². The number of hydrogen-bond donors (Lipinski definition) is 2. The van der Waals surface area contributed by atoms with Crippen LogP contribution in [-0.2, 0) is 0 Å². The third kappa shape index (κ3) is 5.72. The van der Waals surface area contributed by atoms with Crippen LogP contribution in [0.3, 0.4) is 0 Å². The summed E-state index contributed by atoms with van der Waals surface area (Å²) in [7, 11) is 0. The van der Waals surface area contributed by atoms with Crippen molar-refractivity contribution in [1.82, 2.24) is 24.9 Å². The summed E-state index contributed by atoms with van der Waals surface area (Å²) < 4.78 is 21.7. The van der Waals surface area contributed by atoms with E-state index in [1.807, 2.05) is 6.92 Å². The predicted octanol–water partition coefficient (Wildman–Crippen LogP) is 4.64. The fraction of sp³-hybridized carbons (Fsp3) is 0.387. The number of aromatic nitrogens is 4. The minimum absolute atomic E-state index is 0.0752. The van der Waals surface area contributed by atoms with Crippen LogP contribution in [0.2, 0.25) is 5.02 Å². The second kappa shape index (κ2) is 10.8. The standard InChI is InChI=1S/C31H31ClFN7O3/c1-30(2,42)17-43-21-7-22(28-20(10-34)11-37-40(28)16-21)25-12-36-26(13-35-25)39-14-18-8-31(3,9-19(18)15-39)38-29(41)27-23(32)5-4-6-24(27)33/h4-7,11-13,16,18-19,42H,8-9,14-15,17H2,1-3H3,(H,38,41)/t18-,19+,31+. The molecule has 1 aliphatic heterocycles. The molecule has 12 heteroatoms. The highest BCUT2D eigenvalue weighted by Gasteiger charge is 2.48. The van der Waals surface area contributed by atoms with Crippen molar-refractivity contribution >= 4 is 28.8 Å². The van der Waals surface area contributed by atoms with Gasteiger partial charge < -0.3 is 20.1 Å². The topological polar surface area (TPSA) is 129 Å². The van der Waals surface area contributed by atoms with E-state index in [2.05, 4.69) is 21.4 Å². The molecule has 222 valence electrons. The number of rotatable bonds is 7. The first-order chi connectivity index (χ1) is 20.4. The van der Waals surface area contributed by atoms with Crippen molar-refractivity contribution in [3.05, 3.63) is 71.0 Å². The van der Waals surface area contributed by atoms with Crippen molar-refractivity contribution in [3.63, 3.8) is 0 Å². The summed E-state index contributed by atoms with van der Waals surface area (Å²) in [6.07, 6.45) is 8.06. The molecule has 1 saturated carbocycles. The third-order valence-corrected chi connectivity index (χ3v) is 8.46. The predicted molar refractivity (Wildman–Crippen MR) is 158 cm³/mol. The van der Waals surface area contributed by atoms with Gasteiger partial charge in [0, 0.05) is 24.2 Å². The number of amides is 1. The number of nitriles is 1. The van der Waals surface area contributed by atoms with Crippen LogP contribution in [-0.4, -0.2) is 61.4 Å². The lowest BCUT2D eigenvalue weighted by Gasteiger charge is -2.29. The second-order valence-corrected chi connectivity index (χ2v) is 12.8. The highest BCUT2D eigenvalue weighted by Crippen LogP contribution is 2.45. The quantitative estimate of drug-likeness (QED) is 0.313. The molecule has 6 rings (SSSR count). The molecule has 1 aromatic carbocycles. The van der Waals surface area contributed by atoms with E-state index in [0.717, 1.165) is 31.7 Å². The Morgan fingerprint density at radius 2 is 2.00 bits per heavy atom. The number of aliphatic hydroxyl groups is 1. The number of fused-ring (bicyclic) bond motifs is 2. The van der Waals surface area contributed by atoms with E-state index >= 15 is 0 Å². The minimum Gasteiger partial charge on any atom is -0.489 e. The first kappa shape index (κ1) is 28.8. The van der Waals surface area contributed by atoms with Crippen LogP contribution in [0.5, 0.6) is 5.75 Å². The Labute approximate surface area is 253 Å². The van der Waals surface area contributed by atoms with Crippen LogP contribution >= 0.6 is 11.6 Å². The van der Waals surface area contributed by atoms with Gasteiger partial charge in [0.05, 0.1) is 57.7 Å². The fourth-order valence-electron chi connectivity index (χ4n) is 6.32. The van der Waals surface area contributed by atoms with Gasteiger partial charge in [-0.2, -0.15) is 10.4 Å². The lowest BCUT2D eigenvalue weighted by Crippen LogP contribution is -2.45. The van der Waals surface area contributed by atoms with Crippen LogP contribution < -0.4 is 15.0 Å². The number of carbonyl (C=O) groups excluding carboxylic acids is 1. The zero-order valence-corrected chi connectivity index (χ0v) is 24.8. The molecular weight excluding hydrogens is 573 g/mol. The highest BCUT2D eigenvalue weighted by molar-refractivity contribution is 6.33. The Kier molecular flexibility index (Phi) is 7.22. The Bertz CT molecular complexity index is 1710. The zero-order chi connectivity index (χ0) is 30.5. The summed E-state index contributed by atoms with van der Waals surface area (Å²) >= 11 is 6.11. The molecule has 1 amide bonds. The molecule has 0 unspecified atom stereocenters. The van der Waals surface area contributed by atoms with Gasteiger partial charge in [-0.1, -0.05) is 17.7 Å². The molecule has 10 nitrogen and oxygen atoms in total. The summed E-state index contributed by atoms with van der Waals surface area (Å²) in [6.45, 7) is 6.91. The summed E-state index contributed by atoms with van der Waals surface area (Å²) in [5, 5.41) is 27.2. The Morgan fingerprint density at radius 1 is 1.26 bits per heavy atom. The molecule has 43 heavy (non-hydrogen) atoms. The van der Waals surface area contributed by atoms with Gasteiger partial charge >= 0.3 is 0 Å². The Balaban J connectivity index is 1.17. The summed E-state index contributed by atoms with van der Waals surface area (Å²) in [4.78, 5) is 24.5. The molecule has 3 atom stereocenters. The second-order valence-electron chi connectivity index (χ2n) is 12.4. The van der Waals surface area contributed by atoms with Gasteiger partial charge in [-0.3, -0.25) is 9.78 Å². The van der Waals surface area contributed by atoms with Crippen LogP contribution in [0.1, 0.15) is 49.5 Å². The van der Waals surface area contributed by atoms with Gasteiger partial charge in [0.2, 0.25) is 0 Å². The van der Waals surface area contributed by atoms with Gasteiger partial charge in [0.15, 0.2) is 0 Å². The van der Waals surface area contributed by atoms with E-state index in [9.17, 15) is 19.6 Å². The molecular formula is C31H31ClFN7O3. The monoisotopic (exact) mass is 603 g/mol. The lowest BCUT2D eigenvalue weighted by molar-refractivity contribution is 0.0283. The largest absolute Gasteiger partial charge is 0.489 e. The van der Waals surface area contributed by atoms with Crippen molar-refractivity contribution in [2.75, 3.05) is 24.6 Å². The molecule has 1 saturated heterocycles. The fourth-order valence-corrected chi connectivity index (χ4v) is 6.57. The van der Waals surface area contributed by atoms with E-state index in [4.69, 9.17) is 26.3 Å². The van der Waals surface area contributed by atoms with Gasteiger partial charge in [-0.25, -0.2) is 13.9 Å². The maximum Gasteiger partial charge on any atom is 0.256 e. The number of benzene rings is 1. The van der Waals surface area contributed by atoms with Crippen molar-refractivity contribution in [2.45, 2.75) is 44.8 Å². The van der Waals surface area contributed by atoms with Gasteiger partial charge in [-0.15, -0.1) is 0 Å². The normalized spacial score (nSPS) is 21.6. The average molecular weight is 604 g/mol. The van der Waals surface area contributed by atoms with E-state index < -0.39 is 22.9 Å². The van der Waals surface area contributed by atoms with Gasteiger partial charge in [0.25, 0.3) is 5.91 Å². The minimum atomic E-state index is -1.02. The number of anilines is 1. The molecule has 1 aliphatic carbocycles. The number of halogens is 2. The van der Waals surface area contributed by atoms with Crippen molar-refractivity contribution in [2.24, 2.45) is 11.8 Å². The van der Waals surface area contributed by atoms with Gasteiger partial charge in [0.1, 0.15) is 30.1 Å². The van der Waals surface area contributed by atoms with E-state index in [-0.39, 0.29) is 17.2 Å². The summed E-state index contributed by atoms with van der Waals surface area (Å²) in [6, 6.07) is 8.18. The number of nitrogens with one attached hydrogen (secondary N) is 1. The van der Waals surface area contributed by atoms with E-state index in [0.29, 0.717) is 39.9 Å². The number of nitrogens with zero attached hydrogens (tertiary/aromatic N) is 6. The number of pyridine rings is 1. The van der Waals surface area contributed by atoms with Crippen molar-refractivity contribution < 1.29 is 19.0 Å². The summed E-state index contributed by atoms with van der Waals surface area (Å²) in [5.74, 6) is 0.745. The van der Waals surface area contributed by atoms with Crippen LogP contribution in [0.25, 0.3) is 16.8 Å². The number of ether oxygens (including phenoxy) is 1. The molecule has 0 radical (unpaired) electrons. The van der Waals surface area contributed by atoms with Crippen LogP contribution in [0, 0.1) is 29.0 Å². The lowest BCUT2D eigenvalue weighted by atomic mass is 9.97. The highest BCUT2D eigenvalue weighted by atomic mass is 35.5. The summed E-state index contributed by atoms with van der Waals surface area (Å²) in [5.41, 5.74) is 0.574. The zero-order valence-electron chi connectivity index (χ0n) is 24.0. The molecule has 4 heterocycles. The maximum absolute atomic E-state index is 14.3. The first-order valence-corrected chi connectivity index (χ1v) is 14.4. The molecule has 3 aromatic heterocycles. The Hall–Kier alpha value is -4.27. The number of hydrogen-bond acceptors (Lipinski definition) is 8. The molecule has 0 spiro atoms. The molecule has 4 aromatic rings. The smallest absolute Gasteiger partial charge is 0.256 e. The molecule has 2 fully saturated rings. The van der Waals surface area contributed by atoms with Crippen LogP contribution in [0.4, 0.5) is 10.2 Å². The first-order valence-electron chi connectivity index (χ1n) is 14.0. The molecule has 0 bridgehead atoms. The third-order valence-electron chi connectivity index (χ3n) is 8.14. The van der Waals surface area contributed by atoms with Crippen molar-refractivity contribution in [3.8, 4) is 23.1 Å². The SMILES string of the molecule is CC(C)(O)COc1cc(-c2cnc(N3C[C@@H]4C[C@@](C)(NC(=O)c5c(F)cccc5Cl)C[C@@H]4C3)cn2)c2c(C#N)cnn2c1. The van der Waals surface area contributed by atoms with E-state index in [1.54, 1.807) is 43.0 Å². The van der Waals surface area contributed by atoms with E-state index in [1.165, 1.54) is 24.4 Å². The van der Waals surface area contributed by atoms with Crippen molar-refractivity contribution in [1.29, 1.82) is 5.26 Å². The average Bonchev–Trinajstić information content (AvgIpc) is 3.62.